The second-order valence-corrected chi connectivity index (χ2v) is 6.25. The highest BCUT2D eigenvalue weighted by Gasteiger charge is 2.14. The number of hydrogen-bond acceptors (Lipinski definition) is 3. The number of carbonyl (C=O) groups is 1. The Bertz CT molecular complexity index is 602. The van der Waals surface area contributed by atoms with Gasteiger partial charge in [0.05, 0.1) is 27.7 Å². The molecule has 1 unspecified atom stereocenters. The number of nitrogens with two attached hydrogens (primary N) is 1. The number of para-hydroxylation sites is 1. The number of aliphatic hydroxyl groups is 1. The molecule has 0 saturated heterocycles. The Morgan fingerprint density at radius 2 is 1.95 bits per heavy atom. The molecule has 6 nitrogen and oxygen atoms in total. The van der Waals surface area contributed by atoms with Crippen molar-refractivity contribution in [3.05, 3.63) is 36.0 Å². The average molecular weight is 308 g/mol. The van der Waals surface area contributed by atoms with Crippen molar-refractivity contribution in [1.82, 2.24) is 4.98 Å². The molecule has 22 heavy (non-hydrogen) atoms. The van der Waals surface area contributed by atoms with Crippen LogP contribution in [0.5, 0.6) is 0 Å². The molecule has 2 rings (SSSR count). The van der Waals surface area contributed by atoms with Gasteiger partial charge in [-0.2, -0.15) is 0 Å². The molecule has 6 heteroatoms. The summed E-state index contributed by atoms with van der Waals surface area (Å²) in [6.45, 7) is 1.11. The number of likely N-dealkylation sites (N-methyl/N-ethyl adjacent to an activating group) is 1. The normalized spacial score (nSPS) is 12.6. The summed E-state index contributed by atoms with van der Waals surface area (Å²) >= 11 is 0. The number of quaternary nitrogens is 1. The number of fused-ring (bicyclic) bond motifs is 1. The van der Waals surface area contributed by atoms with Crippen molar-refractivity contribution in [3.8, 4) is 0 Å². The van der Waals surface area contributed by atoms with Crippen LogP contribution in [0.25, 0.3) is 10.9 Å². The number of nitrogens with one attached hydrogen (secondary N) is 1. The van der Waals surface area contributed by atoms with Gasteiger partial charge in [-0.25, -0.2) is 0 Å². The molecule has 0 spiro atoms. The summed E-state index contributed by atoms with van der Waals surface area (Å²) in [6, 6.07) is 6.91. The minimum atomic E-state index is -0.972. The van der Waals surface area contributed by atoms with E-state index in [0.29, 0.717) is 6.42 Å². The van der Waals surface area contributed by atoms with Gasteiger partial charge in [0.25, 0.3) is 0 Å². The number of rotatable bonds is 5. The number of aromatic amines is 1. The number of aliphatic carboxylic acids is 1. The smallest absolute Gasteiger partial charge is 0.320 e. The molecule has 1 aromatic carbocycles. The molecule has 0 bridgehead atoms. The maximum absolute atomic E-state index is 10.6. The van der Waals surface area contributed by atoms with Gasteiger partial charge >= 0.3 is 5.97 Å². The van der Waals surface area contributed by atoms with Crippen LogP contribution in [0.1, 0.15) is 5.56 Å². The largest absolute Gasteiger partial charge is 0.480 e. The number of nitrogens with zero attached hydrogens (tertiary/aromatic N) is 1. The zero-order valence-corrected chi connectivity index (χ0v) is 13.4. The van der Waals surface area contributed by atoms with Gasteiger partial charge in [0.1, 0.15) is 12.6 Å². The van der Waals surface area contributed by atoms with Crippen molar-refractivity contribution in [2.75, 3.05) is 34.3 Å². The Labute approximate surface area is 130 Å². The summed E-state index contributed by atoms with van der Waals surface area (Å²) in [7, 11) is 6.16. The summed E-state index contributed by atoms with van der Waals surface area (Å²) in [5.74, 6) is -0.972. The first-order chi connectivity index (χ1) is 10.2. The lowest BCUT2D eigenvalue weighted by molar-refractivity contribution is -0.870. The van der Waals surface area contributed by atoms with Gasteiger partial charge in [-0.15, -0.1) is 0 Å². The van der Waals surface area contributed by atoms with E-state index < -0.39 is 12.0 Å². The monoisotopic (exact) mass is 308 g/mol. The molecule has 0 saturated carbocycles. The Hall–Kier alpha value is -1.89. The van der Waals surface area contributed by atoms with Crippen LogP contribution in [0.3, 0.4) is 0 Å². The van der Waals surface area contributed by atoms with Crippen LogP contribution in [0.2, 0.25) is 0 Å². The fourth-order valence-electron chi connectivity index (χ4n) is 1.92. The van der Waals surface area contributed by atoms with Gasteiger partial charge < -0.3 is 25.4 Å². The molecule has 0 aliphatic rings. The van der Waals surface area contributed by atoms with Crippen LogP contribution >= 0.6 is 0 Å². The highest BCUT2D eigenvalue weighted by molar-refractivity contribution is 5.84. The first-order valence-corrected chi connectivity index (χ1v) is 7.19. The summed E-state index contributed by atoms with van der Waals surface area (Å²) in [4.78, 5) is 13.7. The van der Waals surface area contributed by atoms with E-state index in [1.807, 2.05) is 30.5 Å². The fraction of sp³-hybridized carbons (Fsp3) is 0.438. The fourth-order valence-corrected chi connectivity index (χ4v) is 1.92. The van der Waals surface area contributed by atoms with E-state index in [0.717, 1.165) is 27.5 Å². The van der Waals surface area contributed by atoms with E-state index in [1.54, 1.807) is 0 Å². The number of H-pyrrole nitrogens is 1. The third kappa shape index (κ3) is 5.85. The molecule has 5 N–H and O–H groups in total. The highest BCUT2D eigenvalue weighted by Crippen LogP contribution is 2.18. The number of hydrogen-bond donors (Lipinski definition) is 4. The predicted octanol–water partition coefficient (Wildman–Crippen LogP) is 0.807. The van der Waals surface area contributed by atoms with Crippen LogP contribution < -0.4 is 5.73 Å². The van der Waals surface area contributed by atoms with Crippen LogP contribution in [-0.4, -0.2) is 66.0 Å². The SMILES string of the molecule is C[N+](C)(C)CCO.NC(Cc1c[nH]c2ccccc12)C(=O)O. The number of aliphatic hydroxyl groups excluding tert-OH is 1. The van der Waals surface area contributed by atoms with Crippen LogP contribution in [0.4, 0.5) is 0 Å². The Morgan fingerprint density at radius 3 is 2.45 bits per heavy atom. The third-order valence-corrected chi connectivity index (χ3v) is 3.20. The summed E-state index contributed by atoms with van der Waals surface area (Å²) in [5.41, 5.74) is 7.43. The third-order valence-electron chi connectivity index (χ3n) is 3.20. The van der Waals surface area contributed by atoms with Gasteiger partial charge in [0, 0.05) is 23.5 Å². The number of carboxylic acids is 1. The molecular weight excluding hydrogens is 282 g/mol. The molecule has 0 aliphatic heterocycles. The zero-order chi connectivity index (χ0) is 16.8. The lowest BCUT2D eigenvalue weighted by Gasteiger charge is -2.21. The first-order valence-electron chi connectivity index (χ1n) is 7.19. The van der Waals surface area contributed by atoms with Crippen molar-refractivity contribution in [2.24, 2.45) is 5.73 Å². The predicted molar refractivity (Wildman–Crippen MR) is 87.6 cm³/mol. The minimum Gasteiger partial charge on any atom is -0.480 e. The average Bonchev–Trinajstić information content (AvgIpc) is 2.81. The Kier molecular flexibility index (Phi) is 6.55. The van der Waals surface area contributed by atoms with E-state index in [-0.39, 0.29) is 6.61 Å². The van der Waals surface area contributed by atoms with Crippen LogP contribution in [-0.2, 0) is 11.2 Å². The summed E-state index contributed by atoms with van der Waals surface area (Å²) < 4.78 is 0.844. The first kappa shape index (κ1) is 18.2. The molecular formula is C16H26N3O3+. The zero-order valence-electron chi connectivity index (χ0n) is 13.4. The van der Waals surface area contributed by atoms with Crippen LogP contribution in [0.15, 0.2) is 30.5 Å². The van der Waals surface area contributed by atoms with Gasteiger partial charge in [-0.3, -0.25) is 4.79 Å². The lowest BCUT2D eigenvalue weighted by atomic mass is 10.1. The molecule has 0 radical (unpaired) electrons. The number of carboxylic acid groups (broad SMARTS) is 1. The van der Waals surface area contributed by atoms with E-state index in [1.165, 1.54) is 0 Å². The molecule has 0 amide bonds. The van der Waals surface area contributed by atoms with Crippen molar-refractivity contribution >= 4 is 16.9 Å². The Morgan fingerprint density at radius 1 is 1.32 bits per heavy atom. The molecule has 2 aromatic rings. The van der Waals surface area contributed by atoms with Gasteiger partial charge in [-0.1, -0.05) is 18.2 Å². The molecule has 122 valence electrons. The molecule has 1 aromatic heterocycles. The second kappa shape index (κ2) is 7.93. The van der Waals surface area contributed by atoms with E-state index in [9.17, 15) is 4.79 Å². The lowest BCUT2D eigenvalue weighted by Crippen LogP contribution is -2.36. The van der Waals surface area contributed by atoms with Crippen molar-refractivity contribution in [1.29, 1.82) is 0 Å². The molecule has 0 fully saturated rings. The molecule has 1 atom stereocenters. The summed E-state index contributed by atoms with van der Waals surface area (Å²) in [6.07, 6.45) is 2.16. The van der Waals surface area contributed by atoms with Crippen LogP contribution in [0, 0.1) is 0 Å². The second-order valence-electron chi connectivity index (χ2n) is 6.25. The van der Waals surface area contributed by atoms with Gasteiger partial charge in [0.2, 0.25) is 0 Å². The summed E-state index contributed by atoms with van der Waals surface area (Å²) in [5, 5.41) is 18.1. The van der Waals surface area contributed by atoms with Gasteiger partial charge in [-0.05, 0) is 11.6 Å². The van der Waals surface area contributed by atoms with Crippen molar-refractivity contribution in [2.45, 2.75) is 12.5 Å². The maximum Gasteiger partial charge on any atom is 0.320 e. The quantitative estimate of drug-likeness (QED) is 0.614. The Balaban J connectivity index is 0.000000295. The topological polar surface area (TPSA) is 99.3 Å². The molecule has 0 aliphatic carbocycles. The van der Waals surface area contributed by atoms with E-state index in [4.69, 9.17) is 15.9 Å². The molecule has 1 heterocycles. The maximum atomic E-state index is 10.6. The van der Waals surface area contributed by atoms with E-state index in [2.05, 4.69) is 26.1 Å². The number of aromatic nitrogens is 1. The van der Waals surface area contributed by atoms with Gasteiger partial charge in [0.15, 0.2) is 0 Å². The number of benzene rings is 1. The van der Waals surface area contributed by atoms with E-state index >= 15 is 0 Å². The standard InChI is InChI=1S/C11H12N2O2.C5H14NO/c12-9(11(14)15)5-7-6-13-10-4-2-1-3-8(7)10;1-6(2,3)4-5-7/h1-4,6,9,13H,5,12H2,(H,14,15);7H,4-5H2,1-3H3/q;+1. The minimum absolute atomic E-state index is 0.281. The van der Waals surface area contributed by atoms with Crippen molar-refractivity contribution in [3.63, 3.8) is 0 Å². The van der Waals surface area contributed by atoms with Crippen molar-refractivity contribution < 1.29 is 19.5 Å². The highest BCUT2D eigenvalue weighted by atomic mass is 16.4.